The van der Waals surface area contributed by atoms with E-state index in [4.69, 9.17) is 4.74 Å². The molecular weight excluding hydrogens is 544 g/mol. The quantitative estimate of drug-likeness (QED) is 0.189. The molecule has 0 aromatic heterocycles. The van der Waals surface area contributed by atoms with Crippen molar-refractivity contribution in [1.29, 1.82) is 0 Å². The minimum absolute atomic E-state index is 0.655. The van der Waals surface area contributed by atoms with Gasteiger partial charge in [-0.2, -0.15) is 0 Å². The molecule has 1 heteroatoms. The topological polar surface area (TPSA) is 9.23 Å². The molecule has 6 aromatic carbocycles. The first kappa shape index (κ1) is 28.5. The van der Waals surface area contributed by atoms with Crippen LogP contribution < -0.4 is 4.74 Å². The molecule has 0 saturated carbocycles. The Labute approximate surface area is 265 Å². The SMILES string of the molecule is C(#Cc1ccc(Oc2ccc(C#Cc3ccccc3)c(C#Cc3ccccc3)c2)cc1C#Cc1ccccc1)c1ccccc1. The van der Waals surface area contributed by atoms with Gasteiger partial charge in [-0.15, -0.1) is 0 Å². The van der Waals surface area contributed by atoms with Gasteiger partial charge in [-0.3, -0.25) is 0 Å². The van der Waals surface area contributed by atoms with Gasteiger partial charge >= 0.3 is 0 Å². The number of rotatable bonds is 2. The molecule has 0 fully saturated rings. The van der Waals surface area contributed by atoms with E-state index in [9.17, 15) is 0 Å². The minimum atomic E-state index is 0.655. The standard InChI is InChI=1S/C44H26O/c1-5-13-35(14-6-1)21-25-39-29-31-43(33-41(39)27-23-37-17-9-3-10-18-37)45-44-32-30-40(26-22-36-15-7-2-8-16-36)42(34-44)28-24-38-19-11-4-12-20-38/h1-20,29-34H. The second-order valence-electron chi connectivity index (χ2n) is 9.98. The maximum atomic E-state index is 6.37. The van der Waals surface area contributed by atoms with Crippen molar-refractivity contribution in [3.63, 3.8) is 0 Å². The average Bonchev–Trinajstić information content (AvgIpc) is 3.11. The molecule has 0 spiro atoms. The minimum Gasteiger partial charge on any atom is -0.457 e. The highest BCUT2D eigenvalue weighted by molar-refractivity contribution is 5.59. The van der Waals surface area contributed by atoms with E-state index < -0.39 is 0 Å². The molecule has 0 bridgehead atoms. The molecule has 6 aromatic rings. The van der Waals surface area contributed by atoms with E-state index in [1.165, 1.54) is 0 Å². The second kappa shape index (κ2) is 14.5. The molecule has 0 N–H and O–H groups in total. The van der Waals surface area contributed by atoms with Gasteiger partial charge in [0.25, 0.3) is 0 Å². The van der Waals surface area contributed by atoms with Crippen molar-refractivity contribution in [1.82, 2.24) is 0 Å². The summed E-state index contributed by atoms with van der Waals surface area (Å²) in [5.41, 5.74) is 6.98. The molecule has 0 atom stereocenters. The fourth-order valence-corrected chi connectivity index (χ4v) is 4.38. The molecule has 0 aliphatic heterocycles. The van der Waals surface area contributed by atoms with Crippen LogP contribution in [0.4, 0.5) is 0 Å². The predicted octanol–water partition coefficient (Wildman–Crippen LogP) is 9.08. The van der Waals surface area contributed by atoms with E-state index in [2.05, 4.69) is 47.4 Å². The van der Waals surface area contributed by atoms with E-state index in [0.717, 1.165) is 44.5 Å². The van der Waals surface area contributed by atoms with Gasteiger partial charge in [0.2, 0.25) is 0 Å². The van der Waals surface area contributed by atoms with Crippen LogP contribution in [0.5, 0.6) is 11.5 Å². The third-order valence-electron chi connectivity index (χ3n) is 6.68. The van der Waals surface area contributed by atoms with Crippen LogP contribution in [-0.2, 0) is 0 Å². The summed E-state index contributed by atoms with van der Waals surface area (Å²) < 4.78 is 6.37. The fraction of sp³-hybridized carbons (Fsp3) is 0. The van der Waals surface area contributed by atoms with E-state index in [-0.39, 0.29) is 0 Å². The lowest BCUT2D eigenvalue weighted by atomic mass is 10.1. The molecule has 0 unspecified atom stereocenters. The van der Waals surface area contributed by atoms with Crippen molar-refractivity contribution in [3.05, 3.63) is 202 Å². The van der Waals surface area contributed by atoms with Crippen molar-refractivity contribution in [2.24, 2.45) is 0 Å². The van der Waals surface area contributed by atoms with Crippen LogP contribution in [0.25, 0.3) is 0 Å². The number of ether oxygens (including phenoxy) is 1. The van der Waals surface area contributed by atoms with Gasteiger partial charge in [0.1, 0.15) is 11.5 Å². The van der Waals surface area contributed by atoms with Crippen LogP contribution in [-0.4, -0.2) is 0 Å². The van der Waals surface area contributed by atoms with E-state index >= 15 is 0 Å². The summed E-state index contributed by atoms with van der Waals surface area (Å²) in [6.07, 6.45) is 0. The number of benzene rings is 6. The maximum Gasteiger partial charge on any atom is 0.128 e. The Bertz CT molecular complexity index is 2010. The van der Waals surface area contributed by atoms with Crippen molar-refractivity contribution >= 4 is 0 Å². The summed E-state index contributed by atoms with van der Waals surface area (Å²) in [6, 6.07) is 51.3. The Morgan fingerprint density at radius 3 is 0.867 bits per heavy atom. The largest absolute Gasteiger partial charge is 0.457 e. The molecule has 0 amide bonds. The van der Waals surface area contributed by atoms with Gasteiger partial charge in [0.05, 0.1) is 0 Å². The molecule has 0 heterocycles. The molecule has 1 nitrogen and oxygen atoms in total. The average molecular weight is 571 g/mol. The van der Waals surface area contributed by atoms with Crippen molar-refractivity contribution < 1.29 is 4.74 Å². The zero-order valence-electron chi connectivity index (χ0n) is 24.4. The lowest BCUT2D eigenvalue weighted by molar-refractivity contribution is 0.482. The van der Waals surface area contributed by atoms with Crippen LogP contribution in [0.2, 0.25) is 0 Å². The van der Waals surface area contributed by atoms with Crippen LogP contribution in [0, 0.1) is 47.4 Å². The zero-order valence-corrected chi connectivity index (χ0v) is 24.4. The predicted molar refractivity (Wildman–Crippen MR) is 183 cm³/mol. The van der Waals surface area contributed by atoms with Gasteiger partial charge in [-0.1, -0.05) is 120 Å². The smallest absolute Gasteiger partial charge is 0.128 e. The fourth-order valence-electron chi connectivity index (χ4n) is 4.38. The van der Waals surface area contributed by atoms with Gasteiger partial charge in [-0.05, 0) is 84.9 Å². The molecule has 208 valence electrons. The van der Waals surface area contributed by atoms with Gasteiger partial charge in [0.15, 0.2) is 0 Å². The highest BCUT2D eigenvalue weighted by Crippen LogP contribution is 2.26. The first-order valence-electron chi connectivity index (χ1n) is 14.5. The normalized spacial score (nSPS) is 9.51. The van der Waals surface area contributed by atoms with Gasteiger partial charge in [-0.25, -0.2) is 0 Å². The van der Waals surface area contributed by atoms with Gasteiger partial charge < -0.3 is 4.74 Å². The molecule has 45 heavy (non-hydrogen) atoms. The highest BCUT2D eigenvalue weighted by Gasteiger charge is 2.06. The van der Waals surface area contributed by atoms with E-state index in [1.807, 2.05) is 158 Å². The number of hydrogen-bond acceptors (Lipinski definition) is 1. The Balaban J connectivity index is 1.35. The maximum absolute atomic E-state index is 6.37. The monoisotopic (exact) mass is 570 g/mol. The van der Waals surface area contributed by atoms with Crippen LogP contribution >= 0.6 is 0 Å². The lowest BCUT2D eigenvalue weighted by Gasteiger charge is -2.09. The van der Waals surface area contributed by atoms with Crippen LogP contribution in [0.3, 0.4) is 0 Å². The Kier molecular flexibility index (Phi) is 9.18. The summed E-state index contributed by atoms with van der Waals surface area (Å²) in [7, 11) is 0. The summed E-state index contributed by atoms with van der Waals surface area (Å²) in [6.45, 7) is 0. The Morgan fingerprint density at radius 1 is 0.267 bits per heavy atom. The Hall–Kier alpha value is -6.64. The first-order valence-corrected chi connectivity index (χ1v) is 14.5. The molecule has 6 rings (SSSR count). The molecule has 0 saturated heterocycles. The first-order chi connectivity index (χ1) is 22.3. The van der Waals surface area contributed by atoms with Crippen LogP contribution in [0.1, 0.15) is 44.5 Å². The van der Waals surface area contributed by atoms with Crippen molar-refractivity contribution in [2.75, 3.05) is 0 Å². The zero-order chi connectivity index (χ0) is 30.5. The molecular formula is C44H26O. The van der Waals surface area contributed by atoms with E-state index in [0.29, 0.717) is 11.5 Å². The molecule has 0 aliphatic carbocycles. The second-order valence-corrected chi connectivity index (χ2v) is 9.98. The summed E-state index contributed by atoms with van der Waals surface area (Å²) in [5.74, 6) is 27.5. The Morgan fingerprint density at radius 2 is 0.556 bits per heavy atom. The van der Waals surface area contributed by atoms with E-state index in [1.54, 1.807) is 0 Å². The number of hydrogen-bond donors (Lipinski definition) is 0. The molecule has 0 radical (unpaired) electrons. The third kappa shape index (κ3) is 8.23. The summed E-state index contributed by atoms with van der Waals surface area (Å²) in [5, 5.41) is 0. The summed E-state index contributed by atoms with van der Waals surface area (Å²) in [4.78, 5) is 0. The van der Waals surface area contributed by atoms with Crippen LogP contribution in [0.15, 0.2) is 158 Å². The van der Waals surface area contributed by atoms with Crippen molar-refractivity contribution in [2.45, 2.75) is 0 Å². The van der Waals surface area contributed by atoms with Crippen molar-refractivity contribution in [3.8, 4) is 58.9 Å². The third-order valence-corrected chi connectivity index (χ3v) is 6.68. The van der Waals surface area contributed by atoms with Gasteiger partial charge in [0, 0.05) is 44.5 Å². The highest BCUT2D eigenvalue weighted by atomic mass is 16.5. The lowest BCUT2D eigenvalue weighted by Crippen LogP contribution is -1.91. The summed E-state index contributed by atoms with van der Waals surface area (Å²) >= 11 is 0. The molecule has 0 aliphatic rings.